The van der Waals surface area contributed by atoms with Crippen molar-refractivity contribution in [2.45, 2.75) is 43.2 Å². The van der Waals surface area contributed by atoms with Crippen LogP contribution in [0.2, 0.25) is 0 Å². The molecule has 1 atom stereocenters. The first-order valence-corrected chi connectivity index (χ1v) is 12.2. The highest BCUT2D eigenvalue weighted by Crippen LogP contribution is 2.41. The summed E-state index contributed by atoms with van der Waals surface area (Å²) in [5.41, 5.74) is 6.87. The van der Waals surface area contributed by atoms with E-state index in [1.807, 2.05) is 18.7 Å². The van der Waals surface area contributed by atoms with Crippen molar-refractivity contribution < 1.29 is 13.2 Å². The van der Waals surface area contributed by atoms with E-state index in [1.54, 1.807) is 19.3 Å². The number of benzene rings is 1. The third kappa shape index (κ3) is 3.90. The number of carbonyl (C=O) groups excluding carboxylic acids is 1. The summed E-state index contributed by atoms with van der Waals surface area (Å²) in [5.74, 6) is 0.187. The Hall–Kier alpha value is -2.24. The summed E-state index contributed by atoms with van der Waals surface area (Å²) in [5, 5.41) is 0. The normalized spacial score (nSPS) is 22.6. The second-order valence-electron chi connectivity index (χ2n) is 8.35. The molecular formula is C20H25BrN6O3S. The van der Waals surface area contributed by atoms with E-state index in [2.05, 4.69) is 30.6 Å². The van der Waals surface area contributed by atoms with Crippen molar-refractivity contribution in [3.8, 4) is 0 Å². The summed E-state index contributed by atoms with van der Waals surface area (Å²) in [6, 6.07) is 3.01. The maximum atomic E-state index is 13.5. The molecule has 3 aliphatic rings. The second-order valence-corrected chi connectivity index (χ2v) is 10.9. The van der Waals surface area contributed by atoms with Crippen molar-refractivity contribution in [3.63, 3.8) is 0 Å². The molecule has 1 amide bonds. The Bertz CT molecular complexity index is 1140. The average molecular weight is 509 g/mol. The fraction of sp³-hybridized carbons (Fsp3) is 0.450. The van der Waals surface area contributed by atoms with Gasteiger partial charge in [0.15, 0.2) is 0 Å². The monoisotopic (exact) mass is 508 g/mol. The minimum absolute atomic E-state index is 0.0109. The predicted molar refractivity (Wildman–Crippen MR) is 124 cm³/mol. The van der Waals surface area contributed by atoms with Gasteiger partial charge in [-0.3, -0.25) is 19.7 Å². The largest absolute Gasteiger partial charge is 0.404 e. The van der Waals surface area contributed by atoms with Crippen molar-refractivity contribution in [2.75, 3.05) is 25.0 Å². The maximum absolute atomic E-state index is 13.5. The van der Waals surface area contributed by atoms with E-state index < -0.39 is 15.6 Å². The number of nitrogens with two attached hydrogens (primary N) is 1. The van der Waals surface area contributed by atoms with Gasteiger partial charge in [0.25, 0.3) is 5.91 Å². The molecule has 2 aliphatic heterocycles. The standard InChI is InChI=1S/C20H25BrN6O3S/c1-12-9-24-19-26(11-13(8-22)10-23-3)18(28)15-6-14(7-16(21)17(15)27(12)19)31(29,30)25-20(2)4-5-20/h6-8,10,12,25H,4-5,9,11,22H2,1-3H3/t12-/m1/s1. The van der Waals surface area contributed by atoms with E-state index in [0.717, 1.165) is 12.8 Å². The Morgan fingerprint density at radius 1 is 1.45 bits per heavy atom. The van der Waals surface area contributed by atoms with E-state index in [-0.39, 0.29) is 23.4 Å². The molecular weight excluding hydrogens is 484 g/mol. The van der Waals surface area contributed by atoms with Crippen LogP contribution in [0.5, 0.6) is 0 Å². The molecule has 0 radical (unpaired) electrons. The van der Waals surface area contributed by atoms with Crippen LogP contribution in [0, 0.1) is 0 Å². The van der Waals surface area contributed by atoms with Crippen LogP contribution in [0.15, 0.2) is 43.3 Å². The number of fused-ring (bicyclic) bond motifs is 3. The quantitative estimate of drug-likeness (QED) is 0.567. The number of anilines is 1. The first kappa shape index (κ1) is 22.0. The van der Waals surface area contributed by atoms with Crippen LogP contribution < -0.4 is 15.4 Å². The summed E-state index contributed by atoms with van der Waals surface area (Å²) in [7, 11) is -2.15. The molecule has 1 aromatic carbocycles. The number of aliphatic imine (C=N–C) groups is 2. The van der Waals surface area contributed by atoms with Gasteiger partial charge >= 0.3 is 0 Å². The highest BCUT2D eigenvalue weighted by atomic mass is 79.9. The van der Waals surface area contributed by atoms with E-state index in [4.69, 9.17) is 5.73 Å². The Labute approximate surface area is 190 Å². The molecule has 4 rings (SSSR count). The zero-order valence-corrected chi connectivity index (χ0v) is 20.0. The van der Waals surface area contributed by atoms with Gasteiger partial charge < -0.3 is 10.6 Å². The Morgan fingerprint density at radius 2 is 2.16 bits per heavy atom. The lowest BCUT2D eigenvalue weighted by Crippen LogP contribution is -2.53. The third-order valence-corrected chi connectivity index (χ3v) is 7.91. The molecule has 9 nitrogen and oxygen atoms in total. The van der Waals surface area contributed by atoms with Crippen molar-refractivity contribution in [2.24, 2.45) is 15.7 Å². The Balaban J connectivity index is 1.81. The Kier molecular flexibility index (Phi) is 5.47. The number of rotatable bonds is 6. The number of amides is 1. The second kappa shape index (κ2) is 7.72. The zero-order chi connectivity index (χ0) is 22.6. The molecule has 11 heteroatoms. The molecule has 31 heavy (non-hydrogen) atoms. The van der Waals surface area contributed by atoms with E-state index in [0.29, 0.717) is 33.8 Å². The van der Waals surface area contributed by atoms with Gasteiger partial charge in [0.05, 0.1) is 35.3 Å². The van der Waals surface area contributed by atoms with Gasteiger partial charge in [-0.25, -0.2) is 13.1 Å². The zero-order valence-electron chi connectivity index (χ0n) is 17.6. The smallest absolute Gasteiger partial charge is 0.263 e. The number of nitrogens with one attached hydrogen (secondary N) is 1. The van der Waals surface area contributed by atoms with Crippen LogP contribution >= 0.6 is 15.9 Å². The van der Waals surface area contributed by atoms with Crippen LogP contribution in [-0.2, 0) is 10.0 Å². The van der Waals surface area contributed by atoms with Gasteiger partial charge in [0.2, 0.25) is 16.0 Å². The SMILES string of the molecule is CN=CC(=CN)CN1C(=O)c2cc(S(=O)(=O)NC3(C)CC3)cc(Br)c2N2C1=NC[C@H]2C. The van der Waals surface area contributed by atoms with Gasteiger partial charge in [-0.15, -0.1) is 0 Å². The molecule has 0 saturated heterocycles. The number of sulfonamides is 1. The van der Waals surface area contributed by atoms with Gasteiger partial charge in [0, 0.05) is 35.0 Å². The summed E-state index contributed by atoms with van der Waals surface area (Å²) >= 11 is 3.51. The first-order chi connectivity index (χ1) is 14.6. The van der Waals surface area contributed by atoms with Gasteiger partial charge in [-0.2, -0.15) is 0 Å². The van der Waals surface area contributed by atoms with Crippen molar-refractivity contribution in [3.05, 3.63) is 33.9 Å². The fourth-order valence-corrected chi connectivity index (χ4v) is 6.10. The Morgan fingerprint density at radius 3 is 2.77 bits per heavy atom. The number of carbonyl (C=O) groups is 1. The minimum atomic E-state index is -3.78. The van der Waals surface area contributed by atoms with E-state index in [1.165, 1.54) is 17.2 Å². The molecule has 0 spiro atoms. The van der Waals surface area contributed by atoms with E-state index in [9.17, 15) is 13.2 Å². The number of guanidine groups is 1. The first-order valence-electron chi connectivity index (χ1n) is 9.96. The molecule has 1 aromatic rings. The summed E-state index contributed by atoms with van der Waals surface area (Å²) < 4.78 is 29.2. The summed E-state index contributed by atoms with van der Waals surface area (Å²) in [6.45, 7) is 4.58. The summed E-state index contributed by atoms with van der Waals surface area (Å²) in [4.78, 5) is 25.6. The lowest BCUT2D eigenvalue weighted by atomic mass is 10.1. The number of hydrogen-bond donors (Lipinski definition) is 2. The van der Waals surface area contributed by atoms with E-state index >= 15 is 0 Å². The molecule has 0 unspecified atom stereocenters. The molecule has 166 valence electrons. The third-order valence-electron chi connectivity index (χ3n) is 5.69. The minimum Gasteiger partial charge on any atom is -0.404 e. The topological polar surface area (TPSA) is 120 Å². The fourth-order valence-electron chi connectivity index (χ4n) is 3.78. The lowest BCUT2D eigenvalue weighted by Gasteiger charge is -2.38. The van der Waals surface area contributed by atoms with Crippen molar-refractivity contribution in [1.29, 1.82) is 0 Å². The number of nitrogens with zero attached hydrogens (tertiary/aromatic N) is 4. The number of hydrogen-bond acceptors (Lipinski definition) is 7. The lowest BCUT2D eigenvalue weighted by molar-refractivity contribution is 0.0850. The molecule has 3 N–H and O–H groups in total. The van der Waals surface area contributed by atoms with Gasteiger partial charge in [-0.1, -0.05) is 0 Å². The van der Waals surface area contributed by atoms with Crippen molar-refractivity contribution in [1.82, 2.24) is 9.62 Å². The molecule has 1 saturated carbocycles. The molecule has 0 bridgehead atoms. The predicted octanol–water partition coefficient (Wildman–Crippen LogP) is 1.84. The van der Waals surface area contributed by atoms with Crippen LogP contribution in [0.1, 0.15) is 37.0 Å². The van der Waals surface area contributed by atoms with Crippen LogP contribution in [-0.4, -0.2) is 63.1 Å². The van der Waals surface area contributed by atoms with Crippen molar-refractivity contribution >= 4 is 49.7 Å². The van der Waals surface area contributed by atoms with Crippen LogP contribution in [0.25, 0.3) is 0 Å². The summed E-state index contributed by atoms with van der Waals surface area (Å²) in [6.07, 6.45) is 4.58. The number of halogens is 1. The average Bonchev–Trinajstić information content (AvgIpc) is 3.30. The van der Waals surface area contributed by atoms with Crippen LogP contribution in [0.4, 0.5) is 5.69 Å². The molecule has 0 aromatic heterocycles. The molecule has 1 fully saturated rings. The maximum Gasteiger partial charge on any atom is 0.263 e. The molecule has 2 heterocycles. The molecule has 1 aliphatic carbocycles. The highest BCUT2D eigenvalue weighted by molar-refractivity contribution is 9.10. The van der Waals surface area contributed by atoms with Crippen LogP contribution in [0.3, 0.4) is 0 Å². The van der Waals surface area contributed by atoms with Gasteiger partial charge in [-0.05, 0) is 54.8 Å². The highest BCUT2D eigenvalue weighted by Gasteiger charge is 2.44. The van der Waals surface area contributed by atoms with Gasteiger partial charge in [0.1, 0.15) is 0 Å².